The van der Waals surface area contributed by atoms with E-state index < -0.39 is 6.10 Å². The van der Waals surface area contributed by atoms with Crippen LogP contribution in [0.5, 0.6) is 0 Å². The zero-order chi connectivity index (χ0) is 56.4. The number of allylic oxidation sites excluding steroid dienone is 10. The molecule has 6 nitrogen and oxygen atoms in total. The zero-order valence-corrected chi connectivity index (χ0v) is 52.2. The molecule has 0 radical (unpaired) electrons. The standard InChI is InChI=1S/C72H130O6/c1-4-7-10-13-16-19-22-24-26-28-30-31-32-33-34-35-36-37-38-39-40-41-43-44-46-48-50-53-56-59-62-65-71(74)77-68-69(67-76-70(73)64-61-58-55-52-21-18-15-12-9-6-3)78-72(75)66-63-60-57-54-51-49-47-45-42-29-27-25-23-20-17-14-11-8-5-2/h7,10,12,15-16,19,24,26,30-31,69H,4-6,8-9,11,13-14,17-18,20-23,25,27-29,32-68H2,1-3H3/b10-7-,15-12-,19-16-,26-24-,31-30-. The number of carbonyl (C=O) groups is 3. The quantitative estimate of drug-likeness (QED) is 0.0261. The summed E-state index contributed by atoms with van der Waals surface area (Å²) in [4.78, 5) is 38.3. The van der Waals surface area contributed by atoms with Gasteiger partial charge in [0.05, 0.1) is 0 Å². The molecule has 6 heteroatoms. The smallest absolute Gasteiger partial charge is 0.306 e. The predicted molar refractivity (Wildman–Crippen MR) is 339 cm³/mol. The molecule has 0 N–H and O–H groups in total. The third-order valence-corrected chi connectivity index (χ3v) is 15.2. The Balaban J connectivity index is 4.10. The van der Waals surface area contributed by atoms with E-state index in [0.29, 0.717) is 19.3 Å². The van der Waals surface area contributed by atoms with E-state index in [1.165, 1.54) is 225 Å². The molecule has 0 aliphatic rings. The van der Waals surface area contributed by atoms with E-state index in [1.807, 2.05) is 0 Å². The minimum Gasteiger partial charge on any atom is -0.462 e. The maximum Gasteiger partial charge on any atom is 0.306 e. The molecule has 0 saturated carbocycles. The average Bonchev–Trinajstić information content (AvgIpc) is 3.44. The third kappa shape index (κ3) is 63.9. The lowest BCUT2D eigenvalue weighted by atomic mass is 10.0. The van der Waals surface area contributed by atoms with E-state index >= 15 is 0 Å². The molecule has 0 aromatic rings. The van der Waals surface area contributed by atoms with Crippen molar-refractivity contribution in [3.05, 3.63) is 60.8 Å². The highest BCUT2D eigenvalue weighted by Crippen LogP contribution is 2.18. The molecule has 0 aromatic heterocycles. The molecule has 0 rings (SSSR count). The third-order valence-electron chi connectivity index (χ3n) is 15.2. The van der Waals surface area contributed by atoms with Crippen LogP contribution in [-0.4, -0.2) is 37.2 Å². The Kier molecular flexibility index (Phi) is 64.2. The maximum absolute atomic E-state index is 12.9. The molecule has 0 saturated heterocycles. The van der Waals surface area contributed by atoms with E-state index in [1.54, 1.807) is 0 Å². The first-order valence-corrected chi connectivity index (χ1v) is 34.3. The number of ether oxygens (including phenoxy) is 3. The fourth-order valence-electron chi connectivity index (χ4n) is 10.1. The van der Waals surface area contributed by atoms with E-state index in [9.17, 15) is 14.4 Å². The van der Waals surface area contributed by atoms with Crippen molar-refractivity contribution in [1.82, 2.24) is 0 Å². The summed E-state index contributed by atoms with van der Waals surface area (Å²) in [6.45, 7) is 6.52. The van der Waals surface area contributed by atoms with Crippen LogP contribution in [0.1, 0.15) is 361 Å². The minimum atomic E-state index is -0.773. The number of hydrogen-bond acceptors (Lipinski definition) is 6. The van der Waals surface area contributed by atoms with Gasteiger partial charge in [-0.3, -0.25) is 14.4 Å². The predicted octanol–water partition coefficient (Wildman–Crippen LogP) is 23.5. The Labute approximate surface area is 485 Å². The van der Waals surface area contributed by atoms with Gasteiger partial charge in [-0.25, -0.2) is 0 Å². The van der Waals surface area contributed by atoms with Crippen molar-refractivity contribution in [3.8, 4) is 0 Å². The second-order valence-electron chi connectivity index (χ2n) is 23.1. The van der Waals surface area contributed by atoms with Crippen molar-refractivity contribution < 1.29 is 28.6 Å². The van der Waals surface area contributed by atoms with Crippen molar-refractivity contribution >= 4 is 17.9 Å². The Morgan fingerprint density at radius 3 is 0.846 bits per heavy atom. The number of carbonyl (C=O) groups excluding carboxylic acids is 3. The van der Waals surface area contributed by atoms with Crippen LogP contribution in [0.4, 0.5) is 0 Å². The van der Waals surface area contributed by atoms with Gasteiger partial charge < -0.3 is 14.2 Å². The SMILES string of the molecule is CC/C=C\C/C=C\C/C=C\C/C=C\CCCCCCCCCCCCCCCCCCCCC(=O)OCC(COC(=O)CCCCCCC/C=C\CCC)OC(=O)CCCCCCCCCCCCCCCCCCCCC. The topological polar surface area (TPSA) is 78.9 Å². The molecule has 0 aromatic carbocycles. The van der Waals surface area contributed by atoms with Crippen molar-refractivity contribution in [2.24, 2.45) is 0 Å². The van der Waals surface area contributed by atoms with Gasteiger partial charge in [-0.15, -0.1) is 0 Å². The molecule has 454 valence electrons. The van der Waals surface area contributed by atoms with Crippen LogP contribution in [0.3, 0.4) is 0 Å². The van der Waals surface area contributed by atoms with Crippen LogP contribution >= 0.6 is 0 Å². The Morgan fingerprint density at radius 2 is 0.526 bits per heavy atom. The van der Waals surface area contributed by atoms with Gasteiger partial charge in [0.1, 0.15) is 13.2 Å². The van der Waals surface area contributed by atoms with Gasteiger partial charge in [0.2, 0.25) is 0 Å². The summed E-state index contributed by atoms with van der Waals surface area (Å²) in [5.74, 6) is -0.859. The molecule has 1 atom stereocenters. The Hall–Kier alpha value is -2.89. The summed E-state index contributed by atoms with van der Waals surface area (Å²) in [6, 6.07) is 0. The maximum atomic E-state index is 12.9. The van der Waals surface area contributed by atoms with Gasteiger partial charge in [0.15, 0.2) is 6.10 Å². The van der Waals surface area contributed by atoms with Crippen LogP contribution < -0.4 is 0 Å². The first-order valence-electron chi connectivity index (χ1n) is 34.3. The largest absolute Gasteiger partial charge is 0.462 e. The van der Waals surface area contributed by atoms with Crippen LogP contribution in [0.15, 0.2) is 60.8 Å². The van der Waals surface area contributed by atoms with Crippen LogP contribution in [-0.2, 0) is 28.6 Å². The van der Waals surface area contributed by atoms with Crippen molar-refractivity contribution in [2.75, 3.05) is 13.2 Å². The molecule has 0 aliphatic heterocycles. The second kappa shape index (κ2) is 66.6. The summed E-state index contributed by atoms with van der Waals surface area (Å²) in [5, 5.41) is 0. The number of esters is 3. The summed E-state index contributed by atoms with van der Waals surface area (Å²) in [7, 11) is 0. The normalized spacial score (nSPS) is 12.4. The van der Waals surface area contributed by atoms with Gasteiger partial charge in [-0.2, -0.15) is 0 Å². The highest BCUT2D eigenvalue weighted by atomic mass is 16.6. The molecule has 78 heavy (non-hydrogen) atoms. The van der Waals surface area contributed by atoms with Crippen molar-refractivity contribution in [1.29, 1.82) is 0 Å². The fraction of sp³-hybridized carbons (Fsp3) is 0.819. The molecule has 1 unspecified atom stereocenters. The monoisotopic (exact) mass is 1090 g/mol. The van der Waals surface area contributed by atoms with E-state index in [4.69, 9.17) is 14.2 Å². The summed E-state index contributed by atoms with van der Waals surface area (Å²) < 4.78 is 16.9. The lowest BCUT2D eigenvalue weighted by Gasteiger charge is -2.18. The number of rotatable bonds is 63. The molecule has 0 fully saturated rings. The fourth-order valence-corrected chi connectivity index (χ4v) is 10.1. The van der Waals surface area contributed by atoms with Crippen LogP contribution in [0, 0.1) is 0 Å². The highest BCUT2D eigenvalue weighted by molar-refractivity contribution is 5.71. The van der Waals surface area contributed by atoms with E-state index in [2.05, 4.69) is 81.5 Å². The molecule has 0 heterocycles. The molecule has 0 bridgehead atoms. The average molecular weight is 1090 g/mol. The Morgan fingerprint density at radius 1 is 0.269 bits per heavy atom. The van der Waals surface area contributed by atoms with Gasteiger partial charge >= 0.3 is 17.9 Å². The molecular formula is C72H130O6. The molecule has 0 amide bonds. The van der Waals surface area contributed by atoms with Crippen LogP contribution in [0.25, 0.3) is 0 Å². The van der Waals surface area contributed by atoms with Gasteiger partial charge in [-0.1, -0.05) is 326 Å². The lowest BCUT2D eigenvalue weighted by molar-refractivity contribution is -0.167. The highest BCUT2D eigenvalue weighted by Gasteiger charge is 2.19. The lowest BCUT2D eigenvalue weighted by Crippen LogP contribution is -2.30. The van der Waals surface area contributed by atoms with Gasteiger partial charge in [-0.05, 0) is 77.0 Å². The number of hydrogen-bond donors (Lipinski definition) is 0. The van der Waals surface area contributed by atoms with Crippen molar-refractivity contribution in [3.63, 3.8) is 0 Å². The zero-order valence-electron chi connectivity index (χ0n) is 52.2. The van der Waals surface area contributed by atoms with Gasteiger partial charge in [0, 0.05) is 19.3 Å². The van der Waals surface area contributed by atoms with Gasteiger partial charge in [0.25, 0.3) is 0 Å². The minimum absolute atomic E-state index is 0.0711. The second-order valence-corrected chi connectivity index (χ2v) is 23.1. The Bertz CT molecular complexity index is 1390. The van der Waals surface area contributed by atoms with E-state index in [0.717, 1.165) is 96.3 Å². The molecule has 0 spiro atoms. The summed E-state index contributed by atoms with van der Waals surface area (Å²) in [6.07, 6.45) is 85.5. The summed E-state index contributed by atoms with van der Waals surface area (Å²) >= 11 is 0. The molecular weight excluding hydrogens is 961 g/mol. The van der Waals surface area contributed by atoms with E-state index in [-0.39, 0.29) is 31.1 Å². The van der Waals surface area contributed by atoms with Crippen LogP contribution in [0.2, 0.25) is 0 Å². The first-order chi connectivity index (χ1) is 38.5. The summed E-state index contributed by atoms with van der Waals surface area (Å²) in [5.41, 5.74) is 0. The number of unbranched alkanes of at least 4 members (excludes halogenated alkanes) is 42. The molecule has 0 aliphatic carbocycles. The first kappa shape index (κ1) is 75.1. The van der Waals surface area contributed by atoms with Crippen molar-refractivity contribution in [2.45, 2.75) is 367 Å².